The van der Waals surface area contributed by atoms with Crippen LogP contribution < -0.4 is 4.90 Å². The minimum absolute atomic E-state index is 0.963. The first-order chi connectivity index (χ1) is 9.25. The lowest BCUT2D eigenvalue weighted by Crippen LogP contribution is -2.30. The normalized spacial score (nSPS) is 10.7. The highest BCUT2D eigenvalue weighted by atomic mass is 15.2. The molecule has 1 heterocycles. The Balaban J connectivity index is 1.79. The summed E-state index contributed by atoms with van der Waals surface area (Å²) in [5.41, 5.74) is 2.57. The van der Waals surface area contributed by atoms with Crippen LogP contribution in [-0.4, -0.2) is 37.1 Å². The van der Waals surface area contributed by atoms with E-state index in [1.54, 1.807) is 0 Å². The Morgan fingerprint density at radius 1 is 0.895 bits per heavy atom. The SMILES string of the molecule is CN(CCN(C)c1ccccc1)Cc1ccncc1. The lowest BCUT2D eigenvalue weighted by atomic mass is 10.2. The van der Waals surface area contributed by atoms with Crippen LogP contribution in [-0.2, 0) is 6.54 Å². The van der Waals surface area contributed by atoms with Gasteiger partial charge >= 0.3 is 0 Å². The van der Waals surface area contributed by atoms with E-state index in [-0.39, 0.29) is 0 Å². The number of nitrogens with zero attached hydrogens (tertiary/aromatic N) is 3. The van der Waals surface area contributed by atoms with Crippen LogP contribution in [0, 0.1) is 0 Å². The summed E-state index contributed by atoms with van der Waals surface area (Å²) in [6.45, 7) is 3.02. The number of rotatable bonds is 6. The summed E-state index contributed by atoms with van der Waals surface area (Å²) < 4.78 is 0. The van der Waals surface area contributed by atoms with Crippen LogP contribution in [0.5, 0.6) is 0 Å². The molecule has 0 radical (unpaired) electrons. The predicted octanol–water partition coefficient (Wildman–Crippen LogP) is 2.65. The van der Waals surface area contributed by atoms with Gasteiger partial charge in [0.25, 0.3) is 0 Å². The van der Waals surface area contributed by atoms with E-state index in [1.165, 1.54) is 11.3 Å². The third kappa shape index (κ3) is 4.38. The predicted molar refractivity (Wildman–Crippen MR) is 80.3 cm³/mol. The van der Waals surface area contributed by atoms with Crippen molar-refractivity contribution in [3.05, 3.63) is 60.4 Å². The zero-order valence-electron chi connectivity index (χ0n) is 11.7. The minimum Gasteiger partial charge on any atom is -0.373 e. The molecule has 0 spiro atoms. The summed E-state index contributed by atoms with van der Waals surface area (Å²) in [5.74, 6) is 0. The fourth-order valence-corrected chi connectivity index (χ4v) is 2.01. The number of hydrogen-bond donors (Lipinski definition) is 0. The van der Waals surface area contributed by atoms with E-state index in [2.05, 4.69) is 65.3 Å². The Hall–Kier alpha value is -1.87. The summed E-state index contributed by atoms with van der Waals surface area (Å²) in [6, 6.07) is 14.6. The van der Waals surface area contributed by atoms with Gasteiger partial charge in [-0.1, -0.05) is 18.2 Å². The van der Waals surface area contributed by atoms with Crippen molar-refractivity contribution in [2.45, 2.75) is 6.54 Å². The number of hydrogen-bond acceptors (Lipinski definition) is 3. The number of anilines is 1. The van der Waals surface area contributed by atoms with Crippen molar-refractivity contribution in [1.82, 2.24) is 9.88 Å². The van der Waals surface area contributed by atoms with Gasteiger partial charge in [-0.2, -0.15) is 0 Å². The molecule has 3 heteroatoms. The highest BCUT2D eigenvalue weighted by molar-refractivity contribution is 5.44. The Bertz CT molecular complexity index is 470. The largest absolute Gasteiger partial charge is 0.373 e. The molecule has 0 N–H and O–H groups in total. The standard InChI is InChI=1S/C16H21N3/c1-18(14-15-8-10-17-11-9-15)12-13-19(2)16-6-4-3-5-7-16/h3-11H,12-14H2,1-2H3. The molecule has 3 nitrogen and oxygen atoms in total. The molecule has 0 aliphatic rings. The fourth-order valence-electron chi connectivity index (χ4n) is 2.01. The number of likely N-dealkylation sites (N-methyl/N-ethyl adjacent to an activating group) is 2. The van der Waals surface area contributed by atoms with Gasteiger partial charge in [-0.15, -0.1) is 0 Å². The second-order valence-corrected chi connectivity index (χ2v) is 4.85. The minimum atomic E-state index is 0.963. The maximum absolute atomic E-state index is 4.04. The van der Waals surface area contributed by atoms with Gasteiger partial charge in [0.05, 0.1) is 0 Å². The van der Waals surface area contributed by atoms with Gasteiger partial charge in [-0.25, -0.2) is 0 Å². The van der Waals surface area contributed by atoms with Crippen LogP contribution in [0.25, 0.3) is 0 Å². The molecule has 2 aromatic rings. The van der Waals surface area contributed by atoms with Crippen molar-refractivity contribution in [2.24, 2.45) is 0 Å². The molecule has 0 saturated carbocycles. The van der Waals surface area contributed by atoms with E-state index in [9.17, 15) is 0 Å². The average Bonchev–Trinajstić information content (AvgIpc) is 2.47. The summed E-state index contributed by atoms with van der Waals surface area (Å²) in [6.07, 6.45) is 3.69. The van der Waals surface area contributed by atoms with E-state index in [0.29, 0.717) is 0 Å². The summed E-state index contributed by atoms with van der Waals surface area (Å²) >= 11 is 0. The lowest BCUT2D eigenvalue weighted by Gasteiger charge is -2.23. The molecule has 0 aliphatic heterocycles. The molecule has 0 bridgehead atoms. The van der Waals surface area contributed by atoms with Gasteiger partial charge in [0, 0.05) is 44.8 Å². The number of aromatic nitrogens is 1. The molecule has 100 valence electrons. The van der Waals surface area contributed by atoms with Crippen LogP contribution in [0.15, 0.2) is 54.9 Å². The monoisotopic (exact) mass is 255 g/mol. The average molecular weight is 255 g/mol. The zero-order chi connectivity index (χ0) is 13.5. The fraction of sp³-hybridized carbons (Fsp3) is 0.312. The summed E-state index contributed by atoms with van der Waals surface area (Å²) in [7, 11) is 4.29. The Morgan fingerprint density at radius 3 is 2.26 bits per heavy atom. The first kappa shape index (κ1) is 13.6. The van der Waals surface area contributed by atoms with Crippen LogP contribution >= 0.6 is 0 Å². The second kappa shape index (κ2) is 6.90. The Labute approximate surface area is 115 Å². The maximum atomic E-state index is 4.04. The maximum Gasteiger partial charge on any atom is 0.0364 e. The molecule has 0 fully saturated rings. The third-order valence-electron chi connectivity index (χ3n) is 3.22. The molecular formula is C16H21N3. The number of pyridine rings is 1. The molecule has 0 aliphatic carbocycles. The van der Waals surface area contributed by atoms with Crippen LogP contribution in [0.1, 0.15) is 5.56 Å². The van der Waals surface area contributed by atoms with Gasteiger partial charge in [0.1, 0.15) is 0 Å². The van der Waals surface area contributed by atoms with Crippen LogP contribution in [0.3, 0.4) is 0 Å². The molecule has 1 aromatic carbocycles. The van der Waals surface area contributed by atoms with Gasteiger partial charge in [0.2, 0.25) is 0 Å². The molecule has 0 saturated heterocycles. The van der Waals surface area contributed by atoms with Crippen molar-refractivity contribution in [1.29, 1.82) is 0 Å². The van der Waals surface area contributed by atoms with Crippen LogP contribution in [0.4, 0.5) is 5.69 Å². The van der Waals surface area contributed by atoms with Gasteiger partial charge in [-0.05, 0) is 36.9 Å². The quantitative estimate of drug-likeness (QED) is 0.791. The zero-order valence-corrected chi connectivity index (χ0v) is 11.7. The van der Waals surface area contributed by atoms with Crippen molar-refractivity contribution in [3.63, 3.8) is 0 Å². The molecule has 0 unspecified atom stereocenters. The highest BCUT2D eigenvalue weighted by Crippen LogP contribution is 2.10. The molecule has 19 heavy (non-hydrogen) atoms. The van der Waals surface area contributed by atoms with E-state index in [0.717, 1.165) is 19.6 Å². The Morgan fingerprint density at radius 2 is 1.58 bits per heavy atom. The van der Waals surface area contributed by atoms with E-state index >= 15 is 0 Å². The van der Waals surface area contributed by atoms with Crippen LogP contribution in [0.2, 0.25) is 0 Å². The first-order valence-corrected chi connectivity index (χ1v) is 6.59. The van der Waals surface area contributed by atoms with Gasteiger partial charge < -0.3 is 9.80 Å². The van der Waals surface area contributed by atoms with Crippen molar-refractivity contribution in [2.75, 3.05) is 32.1 Å². The van der Waals surface area contributed by atoms with E-state index in [1.807, 2.05) is 18.5 Å². The summed E-state index contributed by atoms with van der Waals surface area (Å²) in [5, 5.41) is 0. The van der Waals surface area contributed by atoms with Gasteiger partial charge in [-0.3, -0.25) is 4.98 Å². The Kier molecular flexibility index (Phi) is 4.93. The first-order valence-electron chi connectivity index (χ1n) is 6.59. The topological polar surface area (TPSA) is 19.4 Å². The lowest BCUT2D eigenvalue weighted by molar-refractivity contribution is 0.334. The molecule has 2 rings (SSSR count). The van der Waals surface area contributed by atoms with E-state index in [4.69, 9.17) is 0 Å². The third-order valence-corrected chi connectivity index (χ3v) is 3.22. The van der Waals surface area contributed by atoms with Crippen molar-refractivity contribution >= 4 is 5.69 Å². The second-order valence-electron chi connectivity index (χ2n) is 4.85. The van der Waals surface area contributed by atoms with Gasteiger partial charge in [0.15, 0.2) is 0 Å². The van der Waals surface area contributed by atoms with Crippen molar-refractivity contribution < 1.29 is 0 Å². The highest BCUT2D eigenvalue weighted by Gasteiger charge is 2.03. The summed E-state index contributed by atoms with van der Waals surface area (Å²) in [4.78, 5) is 8.65. The molecule has 0 atom stereocenters. The molecular weight excluding hydrogens is 234 g/mol. The van der Waals surface area contributed by atoms with E-state index < -0.39 is 0 Å². The molecule has 0 amide bonds. The number of para-hydroxylation sites is 1. The molecule has 1 aromatic heterocycles. The smallest absolute Gasteiger partial charge is 0.0364 e. The van der Waals surface area contributed by atoms with Crippen molar-refractivity contribution in [3.8, 4) is 0 Å². The number of benzene rings is 1.